The van der Waals surface area contributed by atoms with Gasteiger partial charge in [-0.1, -0.05) is 30.0 Å². The number of H-pyrrole nitrogens is 1. The van der Waals surface area contributed by atoms with Gasteiger partial charge in [-0.15, -0.1) is 21.5 Å². The third-order valence-electron chi connectivity index (χ3n) is 4.29. The first-order valence-corrected chi connectivity index (χ1v) is 10.2. The molecule has 8 heteroatoms. The van der Waals surface area contributed by atoms with Gasteiger partial charge in [0.2, 0.25) is 0 Å². The van der Waals surface area contributed by atoms with E-state index in [-0.39, 0.29) is 11.0 Å². The number of benzene rings is 1. The SMILES string of the molecule is Cc1nc(C)c(-c2nnc(SC(C)C(=O)c3c(C)[nH]c4ccccc34)o2)s1. The Labute approximate surface area is 164 Å². The number of thioether (sulfide) groups is 1. The molecule has 1 unspecified atom stereocenters. The summed E-state index contributed by atoms with van der Waals surface area (Å²) < 4.78 is 5.77. The smallest absolute Gasteiger partial charge is 0.277 e. The van der Waals surface area contributed by atoms with E-state index in [0.29, 0.717) is 11.1 Å². The second-order valence-corrected chi connectivity index (χ2v) is 8.81. The predicted octanol–water partition coefficient (Wildman–Crippen LogP) is 4.96. The molecule has 0 radical (unpaired) electrons. The monoisotopic (exact) mass is 398 g/mol. The number of ketones is 1. The van der Waals surface area contributed by atoms with Gasteiger partial charge >= 0.3 is 0 Å². The molecule has 0 amide bonds. The van der Waals surface area contributed by atoms with Crippen LogP contribution in [0.25, 0.3) is 21.7 Å². The van der Waals surface area contributed by atoms with Gasteiger partial charge in [0.15, 0.2) is 5.78 Å². The molecule has 3 aromatic heterocycles. The normalized spacial score (nSPS) is 12.6. The van der Waals surface area contributed by atoms with Gasteiger partial charge < -0.3 is 9.40 Å². The van der Waals surface area contributed by atoms with E-state index in [1.54, 1.807) is 0 Å². The van der Waals surface area contributed by atoms with Crippen molar-refractivity contribution in [1.29, 1.82) is 0 Å². The van der Waals surface area contributed by atoms with Crippen LogP contribution in [0, 0.1) is 20.8 Å². The van der Waals surface area contributed by atoms with Crippen LogP contribution in [0.4, 0.5) is 0 Å². The molecule has 0 saturated carbocycles. The molecule has 6 nitrogen and oxygen atoms in total. The molecule has 4 aromatic rings. The molecular formula is C19H18N4O2S2. The Bertz CT molecular complexity index is 1140. The Balaban J connectivity index is 1.57. The number of carbonyl (C=O) groups is 1. The molecule has 0 aliphatic heterocycles. The first-order chi connectivity index (χ1) is 12.9. The molecule has 4 rings (SSSR count). The maximum absolute atomic E-state index is 13.0. The third kappa shape index (κ3) is 3.30. The molecule has 1 N–H and O–H groups in total. The van der Waals surface area contributed by atoms with Crippen LogP contribution in [0.1, 0.15) is 33.7 Å². The van der Waals surface area contributed by atoms with Gasteiger partial charge in [-0.05, 0) is 33.8 Å². The van der Waals surface area contributed by atoms with E-state index in [2.05, 4.69) is 20.2 Å². The fourth-order valence-corrected chi connectivity index (χ4v) is 4.66. The fraction of sp³-hybridized carbons (Fsp3) is 0.263. The predicted molar refractivity (Wildman–Crippen MR) is 108 cm³/mol. The topological polar surface area (TPSA) is 84.7 Å². The van der Waals surface area contributed by atoms with Crippen LogP contribution in [0.5, 0.6) is 0 Å². The largest absolute Gasteiger partial charge is 0.410 e. The summed E-state index contributed by atoms with van der Waals surface area (Å²) in [4.78, 5) is 21.6. The molecule has 1 aromatic carbocycles. The zero-order valence-electron chi connectivity index (χ0n) is 15.4. The Morgan fingerprint density at radius 1 is 1.22 bits per heavy atom. The number of carbonyl (C=O) groups excluding carboxylic acids is 1. The van der Waals surface area contributed by atoms with Crippen molar-refractivity contribution >= 4 is 39.8 Å². The highest BCUT2D eigenvalue weighted by atomic mass is 32.2. The lowest BCUT2D eigenvalue weighted by atomic mass is 10.1. The summed E-state index contributed by atoms with van der Waals surface area (Å²) in [7, 11) is 0. The van der Waals surface area contributed by atoms with Gasteiger partial charge in [0.25, 0.3) is 11.1 Å². The summed E-state index contributed by atoms with van der Waals surface area (Å²) in [5.74, 6) is 0.489. The molecule has 0 spiro atoms. The third-order valence-corrected chi connectivity index (χ3v) is 6.29. The number of Topliss-reactive ketones (excluding diaryl/α,β-unsaturated/α-hetero) is 1. The van der Waals surface area contributed by atoms with E-state index in [1.165, 1.54) is 23.1 Å². The second-order valence-electron chi connectivity index (χ2n) is 6.32. The zero-order valence-corrected chi connectivity index (χ0v) is 17.0. The van der Waals surface area contributed by atoms with E-state index >= 15 is 0 Å². The average molecular weight is 399 g/mol. The molecule has 0 bridgehead atoms. The summed E-state index contributed by atoms with van der Waals surface area (Å²) in [5, 5.41) is 10.1. The van der Waals surface area contributed by atoms with E-state index in [1.807, 2.05) is 52.0 Å². The molecule has 27 heavy (non-hydrogen) atoms. The Morgan fingerprint density at radius 3 is 2.74 bits per heavy atom. The highest BCUT2D eigenvalue weighted by molar-refractivity contribution is 8.00. The van der Waals surface area contributed by atoms with Crippen molar-refractivity contribution in [3.8, 4) is 10.8 Å². The lowest BCUT2D eigenvalue weighted by molar-refractivity contribution is 0.0994. The number of hydrogen-bond donors (Lipinski definition) is 1. The summed E-state index contributed by atoms with van der Waals surface area (Å²) in [6.07, 6.45) is 0. The van der Waals surface area contributed by atoms with Gasteiger partial charge in [-0.3, -0.25) is 4.79 Å². The molecule has 138 valence electrons. The first-order valence-electron chi connectivity index (χ1n) is 8.50. The van der Waals surface area contributed by atoms with Gasteiger partial charge in [0.05, 0.1) is 16.0 Å². The van der Waals surface area contributed by atoms with E-state index in [0.717, 1.165) is 37.7 Å². The Kier molecular flexibility index (Phi) is 4.61. The molecule has 1 atom stereocenters. The van der Waals surface area contributed by atoms with E-state index in [9.17, 15) is 4.79 Å². The van der Waals surface area contributed by atoms with Crippen LogP contribution in [0.3, 0.4) is 0 Å². The van der Waals surface area contributed by atoms with Crippen molar-refractivity contribution in [3.63, 3.8) is 0 Å². The Morgan fingerprint density at radius 2 is 2.00 bits per heavy atom. The number of nitrogens with zero attached hydrogens (tertiary/aromatic N) is 3. The van der Waals surface area contributed by atoms with Crippen molar-refractivity contribution in [2.24, 2.45) is 0 Å². The molecule has 0 saturated heterocycles. The van der Waals surface area contributed by atoms with Crippen molar-refractivity contribution in [1.82, 2.24) is 20.2 Å². The number of rotatable bonds is 5. The lowest BCUT2D eigenvalue weighted by Crippen LogP contribution is -2.14. The van der Waals surface area contributed by atoms with Crippen molar-refractivity contribution < 1.29 is 9.21 Å². The highest BCUT2D eigenvalue weighted by Crippen LogP contribution is 2.33. The number of aromatic nitrogens is 4. The minimum Gasteiger partial charge on any atom is -0.410 e. The number of hydrogen-bond acceptors (Lipinski definition) is 7. The lowest BCUT2D eigenvalue weighted by Gasteiger charge is -2.07. The quantitative estimate of drug-likeness (QED) is 0.378. The zero-order chi connectivity index (χ0) is 19.1. The van der Waals surface area contributed by atoms with Crippen LogP contribution < -0.4 is 0 Å². The van der Waals surface area contributed by atoms with Gasteiger partial charge in [-0.2, -0.15) is 0 Å². The van der Waals surface area contributed by atoms with Crippen LogP contribution >= 0.6 is 23.1 Å². The second kappa shape index (κ2) is 6.94. The molecule has 0 fully saturated rings. The van der Waals surface area contributed by atoms with Gasteiger partial charge in [0.1, 0.15) is 4.88 Å². The minimum absolute atomic E-state index is 0.0412. The first kappa shape index (κ1) is 17.9. The maximum atomic E-state index is 13.0. The van der Waals surface area contributed by atoms with Crippen LogP contribution in [-0.2, 0) is 0 Å². The van der Waals surface area contributed by atoms with Crippen LogP contribution in [-0.4, -0.2) is 31.2 Å². The molecule has 3 heterocycles. The minimum atomic E-state index is -0.347. The number of aromatic amines is 1. The molecule has 0 aliphatic carbocycles. The van der Waals surface area contributed by atoms with Crippen LogP contribution in [0.2, 0.25) is 0 Å². The standard InChI is InChI=1S/C19H18N4O2S2/c1-9-15(13-7-5-6-8-14(13)21-9)16(24)11(3)26-19-23-22-18(25-19)17-10(2)20-12(4)27-17/h5-8,11,21H,1-4H3. The average Bonchev–Trinajstić information content (AvgIpc) is 3.30. The van der Waals surface area contributed by atoms with Crippen LogP contribution in [0.15, 0.2) is 33.9 Å². The highest BCUT2D eigenvalue weighted by Gasteiger charge is 2.25. The number of thiazole rings is 1. The summed E-state index contributed by atoms with van der Waals surface area (Å²) >= 11 is 2.80. The van der Waals surface area contributed by atoms with Gasteiger partial charge in [-0.25, -0.2) is 4.98 Å². The number of para-hydroxylation sites is 1. The summed E-state index contributed by atoms with van der Waals surface area (Å²) in [6, 6.07) is 7.82. The number of nitrogens with one attached hydrogen (secondary N) is 1. The Hall–Kier alpha value is -2.45. The number of fused-ring (bicyclic) bond motifs is 1. The summed E-state index contributed by atoms with van der Waals surface area (Å²) in [6.45, 7) is 7.64. The number of aryl methyl sites for hydroxylation is 3. The van der Waals surface area contributed by atoms with Crippen molar-refractivity contribution in [2.75, 3.05) is 0 Å². The molecular weight excluding hydrogens is 380 g/mol. The van der Waals surface area contributed by atoms with E-state index in [4.69, 9.17) is 4.42 Å². The summed E-state index contributed by atoms with van der Waals surface area (Å²) in [5.41, 5.74) is 3.43. The van der Waals surface area contributed by atoms with E-state index < -0.39 is 0 Å². The van der Waals surface area contributed by atoms with Crippen molar-refractivity contribution in [3.05, 3.63) is 46.2 Å². The van der Waals surface area contributed by atoms with Crippen molar-refractivity contribution in [2.45, 2.75) is 38.2 Å². The van der Waals surface area contributed by atoms with Gasteiger partial charge in [0, 0.05) is 22.2 Å². The fourth-order valence-electron chi connectivity index (χ4n) is 3.08. The molecule has 0 aliphatic rings. The maximum Gasteiger partial charge on any atom is 0.277 e.